The van der Waals surface area contributed by atoms with Gasteiger partial charge in [0.15, 0.2) is 0 Å². The molecule has 8 heteroatoms. The Morgan fingerprint density at radius 2 is 1.64 bits per heavy atom. The normalized spacial score (nSPS) is 12.5. The first-order chi connectivity index (χ1) is 11.6. The van der Waals surface area contributed by atoms with Gasteiger partial charge in [0.25, 0.3) is 10.0 Å². The molecule has 0 aliphatic carbocycles. The molecule has 1 heterocycles. The summed E-state index contributed by atoms with van der Waals surface area (Å²) in [5.41, 5.74) is 1.99. The lowest BCUT2D eigenvalue weighted by atomic mass is 10.1. The third-order valence-corrected chi connectivity index (χ3v) is 5.46. The van der Waals surface area contributed by atoms with Gasteiger partial charge in [-0.2, -0.15) is 13.2 Å². The van der Waals surface area contributed by atoms with Crippen molar-refractivity contribution < 1.29 is 21.6 Å². The Morgan fingerprint density at radius 1 is 1.00 bits per heavy atom. The molecule has 2 aromatic carbocycles. The molecule has 0 saturated carbocycles. The van der Waals surface area contributed by atoms with Gasteiger partial charge < -0.3 is 4.98 Å². The molecule has 1 aromatic heterocycles. The van der Waals surface area contributed by atoms with Crippen molar-refractivity contribution in [2.75, 3.05) is 4.72 Å². The number of anilines is 1. The number of rotatable bonds is 3. The van der Waals surface area contributed by atoms with Crippen LogP contribution < -0.4 is 4.72 Å². The number of fused-ring (bicyclic) bond motifs is 1. The lowest BCUT2D eigenvalue weighted by molar-refractivity contribution is -0.137. The fraction of sp³-hybridized carbons (Fsp3) is 0.176. The Bertz CT molecular complexity index is 1040. The highest BCUT2D eigenvalue weighted by Gasteiger charge is 2.30. The van der Waals surface area contributed by atoms with Gasteiger partial charge in [0.05, 0.1) is 21.7 Å². The number of sulfonamides is 1. The number of aromatic nitrogens is 1. The van der Waals surface area contributed by atoms with E-state index >= 15 is 0 Å². The molecular formula is C17H15F3N2O2S. The summed E-state index contributed by atoms with van der Waals surface area (Å²) in [6.07, 6.45) is -4.51. The number of alkyl halides is 3. The topological polar surface area (TPSA) is 62.0 Å². The van der Waals surface area contributed by atoms with Crippen molar-refractivity contribution in [3.05, 3.63) is 59.3 Å². The molecule has 3 aromatic rings. The number of halogens is 3. The predicted octanol–water partition coefficient (Wildman–Crippen LogP) is 4.60. The van der Waals surface area contributed by atoms with Crippen LogP contribution >= 0.6 is 0 Å². The minimum atomic E-state index is -4.51. The number of H-pyrrole nitrogens is 1. The average molecular weight is 368 g/mol. The summed E-state index contributed by atoms with van der Waals surface area (Å²) < 4.78 is 65.2. The molecule has 0 radical (unpaired) electrons. The van der Waals surface area contributed by atoms with E-state index in [0.717, 1.165) is 40.9 Å². The molecule has 4 nitrogen and oxygen atoms in total. The second-order valence-corrected chi connectivity index (χ2v) is 7.41. The average Bonchev–Trinajstić information content (AvgIpc) is 2.83. The summed E-state index contributed by atoms with van der Waals surface area (Å²) in [5, 5.41) is 0.880. The molecular weight excluding hydrogens is 353 g/mol. The molecule has 0 aliphatic heterocycles. The van der Waals surface area contributed by atoms with Gasteiger partial charge in [-0.1, -0.05) is 12.1 Å². The van der Waals surface area contributed by atoms with E-state index in [1.54, 1.807) is 12.1 Å². The fourth-order valence-corrected chi connectivity index (χ4v) is 3.67. The zero-order valence-corrected chi connectivity index (χ0v) is 14.2. The quantitative estimate of drug-likeness (QED) is 0.709. The minimum Gasteiger partial charge on any atom is -0.357 e. The van der Waals surface area contributed by atoms with Crippen molar-refractivity contribution in [2.45, 2.75) is 24.9 Å². The number of hydrogen-bond acceptors (Lipinski definition) is 2. The molecule has 0 aliphatic rings. The summed E-state index contributed by atoms with van der Waals surface area (Å²) in [6, 6.07) is 8.56. The van der Waals surface area contributed by atoms with E-state index in [4.69, 9.17) is 0 Å². The largest absolute Gasteiger partial charge is 0.416 e. The van der Waals surface area contributed by atoms with E-state index < -0.39 is 21.8 Å². The smallest absolute Gasteiger partial charge is 0.357 e. The summed E-state index contributed by atoms with van der Waals surface area (Å²) in [4.78, 5) is 2.88. The van der Waals surface area contributed by atoms with Gasteiger partial charge in [0.1, 0.15) is 0 Å². The first-order valence-electron chi connectivity index (χ1n) is 7.37. The third-order valence-electron chi connectivity index (χ3n) is 4.08. The fourth-order valence-electron chi connectivity index (χ4n) is 2.59. The van der Waals surface area contributed by atoms with Crippen LogP contribution in [0.15, 0.2) is 47.4 Å². The van der Waals surface area contributed by atoms with Crippen LogP contribution in [-0.4, -0.2) is 13.4 Å². The second kappa shape index (κ2) is 5.80. The standard InChI is InChI=1S/C17H15F3N2O2S/c1-10-11(2)21-16-14(10)4-3-5-15(16)22-25(23,24)13-8-6-12(7-9-13)17(18,19)20/h3-9,21-22H,1-2H3. The second-order valence-electron chi connectivity index (χ2n) is 5.73. The van der Waals surface area contributed by atoms with Crippen molar-refractivity contribution in [3.8, 4) is 0 Å². The highest BCUT2D eigenvalue weighted by atomic mass is 32.2. The van der Waals surface area contributed by atoms with E-state index in [2.05, 4.69) is 9.71 Å². The van der Waals surface area contributed by atoms with Crippen LogP contribution in [0.3, 0.4) is 0 Å². The van der Waals surface area contributed by atoms with E-state index in [-0.39, 0.29) is 4.90 Å². The summed E-state index contributed by atoms with van der Waals surface area (Å²) >= 11 is 0. The van der Waals surface area contributed by atoms with E-state index in [0.29, 0.717) is 11.2 Å². The Kier molecular flexibility index (Phi) is 4.03. The zero-order valence-electron chi connectivity index (χ0n) is 13.4. The van der Waals surface area contributed by atoms with Crippen LogP contribution in [0.4, 0.5) is 18.9 Å². The molecule has 0 atom stereocenters. The van der Waals surface area contributed by atoms with Crippen molar-refractivity contribution in [1.29, 1.82) is 0 Å². The highest BCUT2D eigenvalue weighted by molar-refractivity contribution is 7.92. The Morgan fingerprint density at radius 3 is 2.24 bits per heavy atom. The molecule has 0 unspecified atom stereocenters. The van der Waals surface area contributed by atoms with Gasteiger partial charge in [-0.05, 0) is 49.7 Å². The van der Waals surface area contributed by atoms with Crippen molar-refractivity contribution >= 4 is 26.6 Å². The van der Waals surface area contributed by atoms with Crippen LogP contribution in [0.1, 0.15) is 16.8 Å². The first-order valence-corrected chi connectivity index (χ1v) is 8.86. The molecule has 0 saturated heterocycles. The maximum absolute atomic E-state index is 12.6. The Hall–Kier alpha value is -2.48. The molecule has 0 spiro atoms. The minimum absolute atomic E-state index is 0.238. The van der Waals surface area contributed by atoms with E-state index in [1.807, 2.05) is 19.9 Å². The van der Waals surface area contributed by atoms with Crippen molar-refractivity contribution in [1.82, 2.24) is 4.98 Å². The number of aromatic amines is 1. The molecule has 3 rings (SSSR count). The molecule has 25 heavy (non-hydrogen) atoms. The van der Waals surface area contributed by atoms with Gasteiger partial charge in [0, 0.05) is 11.1 Å². The lowest BCUT2D eigenvalue weighted by Gasteiger charge is -2.11. The summed E-state index contributed by atoms with van der Waals surface area (Å²) in [7, 11) is -4.01. The first kappa shape index (κ1) is 17.3. The number of para-hydroxylation sites is 1. The zero-order chi connectivity index (χ0) is 18.4. The van der Waals surface area contributed by atoms with Crippen LogP contribution in [0.5, 0.6) is 0 Å². The summed E-state index contributed by atoms with van der Waals surface area (Å²) in [6.45, 7) is 3.80. The number of benzene rings is 2. The van der Waals surface area contributed by atoms with Gasteiger partial charge in [-0.15, -0.1) is 0 Å². The number of nitrogens with one attached hydrogen (secondary N) is 2. The van der Waals surface area contributed by atoms with Crippen molar-refractivity contribution in [3.63, 3.8) is 0 Å². The molecule has 0 amide bonds. The van der Waals surface area contributed by atoms with Gasteiger partial charge in [-0.25, -0.2) is 8.42 Å². The molecule has 0 fully saturated rings. The maximum Gasteiger partial charge on any atom is 0.416 e. The van der Waals surface area contributed by atoms with Crippen LogP contribution in [0.25, 0.3) is 10.9 Å². The van der Waals surface area contributed by atoms with E-state index in [1.165, 1.54) is 0 Å². The van der Waals surface area contributed by atoms with Crippen LogP contribution in [0.2, 0.25) is 0 Å². The highest BCUT2D eigenvalue weighted by Crippen LogP contribution is 2.31. The molecule has 132 valence electrons. The maximum atomic E-state index is 12.6. The molecule has 0 bridgehead atoms. The van der Waals surface area contributed by atoms with Crippen LogP contribution in [-0.2, 0) is 16.2 Å². The van der Waals surface area contributed by atoms with Crippen molar-refractivity contribution in [2.24, 2.45) is 0 Å². The lowest BCUT2D eigenvalue weighted by Crippen LogP contribution is -2.14. The predicted molar refractivity (Wildman–Crippen MR) is 90.0 cm³/mol. The third kappa shape index (κ3) is 3.21. The number of aryl methyl sites for hydroxylation is 2. The van der Waals surface area contributed by atoms with Gasteiger partial charge in [0.2, 0.25) is 0 Å². The van der Waals surface area contributed by atoms with Gasteiger partial charge >= 0.3 is 6.18 Å². The Balaban J connectivity index is 1.98. The van der Waals surface area contributed by atoms with Crippen LogP contribution in [0, 0.1) is 13.8 Å². The van der Waals surface area contributed by atoms with E-state index in [9.17, 15) is 21.6 Å². The Labute approximate surface area is 142 Å². The monoisotopic (exact) mass is 368 g/mol. The number of hydrogen-bond donors (Lipinski definition) is 2. The SMILES string of the molecule is Cc1[nH]c2c(NS(=O)(=O)c3ccc(C(F)(F)F)cc3)cccc2c1C. The molecule has 2 N–H and O–H groups in total. The summed E-state index contributed by atoms with van der Waals surface area (Å²) in [5.74, 6) is 0. The van der Waals surface area contributed by atoms with Gasteiger partial charge in [-0.3, -0.25) is 4.72 Å².